The van der Waals surface area contributed by atoms with Gasteiger partial charge >= 0.3 is 11.9 Å². The standard InChI is InChI=1S/C24H36N4O7/c1-5-14(4)20(24(34)35)28-22(32)17(11-15-9-7-6-8-10-15)26-23(33)19(13(2)3)27-21(31)16(25)12-18(29)30/h6-10,13-14,16-17,19-20H,5,11-12,25H2,1-4H3,(H,26,33)(H,27,31)(H,28,32)(H,29,30)(H,34,35). The largest absolute Gasteiger partial charge is 0.481 e. The van der Waals surface area contributed by atoms with Crippen molar-refractivity contribution in [3.63, 3.8) is 0 Å². The quantitative estimate of drug-likeness (QED) is 0.213. The van der Waals surface area contributed by atoms with Crippen molar-refractivity contribution >= 4 is 29.7 Å². The summed E-state index contributed by atoms with van der Waals surface area (Å²) in [4.78, 5) is 61.1. The van der Waals surface area contributed by atoms with Crippen LogP contribution in [0.15, 0.2) is 30.3 Å². The van der Waals surface area contributed by atoms with E-state index >= 15 is 0 Å². The van der Waals surface area contributed by atoms with Crippen LogP contribution >= 0.6 is 0 Å². The van der Waals surface area contributed by atoms with Crippen molar-refractivity contribution in [2.24, 2.45) is 17.6 Å². The summed E-state index contributed by atoms with van der Waals surface area (Å²) < 4.78 is 0. The Morgan fingerprint density at radius 1 is 0.857 bits per heavy atom. The second-order valence-corrected chi connectivity index (χ2v) is 8.90. The average molecular weight is 493 g/mol. The molecule has 0 radical (unpaired) electrons. The number of hydrogen-bond donors (Lipinski definition) is 6. The van der Waals surface area contributed by atoms with E-state index < -0.39 is 66.2 Å². The van der Waals surface area contributed by atoms with Crippen LogP contribution in [0.3, 0.4) is 0 Å². The first-order valence-electron chi connectivity index (χ1n) is 11.5. The van der Waals surface area contributed by atoms with Gasteiger partial charge in [-0.2, -0.15) is 0 Å². The predicted octanol–water partition coefficient (Wildman–Crippen LogP) is 0.272. The van der Waals surface area contributed by atoms with Crippen LogP contribution in [0.5, 0.6) is 0 Å². The highest BCUT2D eigenvalue weighted by molar-refractivity contribution is 5.95. The van der Waals surface area contributed by atoms with E-state index in [1.807, 2.05) is 0 Å². The molecule has 5 unspecified atom stereocenters. The third-order valence-corrected chi connectivity index (χ3v) is 5.67. The highest BCUT2D eigenvalue weighted by Gasteiger charge is 2.33. The van der Waals surface area contributed by atoms with Crippen LogP contribution < -0.4 is 21.7 Å². The summed E-state index contributed by atoms with van der Waals surface area (Å²) >= 11 is 0. The molecular formula is C24H36N4O7. The summed E-state index contributed by atoms with van der Waals surface area (Å²) in [6.07, 6.45) is -0.00292. The lowest BCUT2D eigenvalue weighted by Gasteiger charge is -2.28. The van der Waals surface area contributed by atoms with Gasteiger partial charge in [0.2, 0.25) is 17.7 Å². The number of nitrogens with two attached hydrogens (primary N) is 1. The third kappa shape index (κ3) is 9.73. The van der Waals surface area contributed by atoms with E-state index in [9.17, 15) is 29.1 Å². The second kappa shape index (κ2) is 14.1. The molecule has 35 heavy (non-hydrogen) atoms. The summed E-state index contributed by atoms with van der Waals surface area (Å²) in [5.74, 6) is -5.36. The SMILES string of the molecule is CCC(C)C(NC(=O)C(Cc1ccccc1)NC(=O)C(NC(=O)C(N)CC(=O)O)C(C)C)C(=O)O. The fourth-order valence-electron chi connectivity index (χ4n) is 3.33. The molecule has 1 aromatic rings. The molecule has 194 valence electrons. The van der Waals surface area contributed by atoms with Gasteiger partial charge in [-0.3, -0.25) is 19.2 Å². The Labute approximate surface area is 204 Å². The lowest BCUT2D eigenvalue weighted by atomic mass is 9.97. The maximum Gasteiger partial charge on any atom is 0.326 e. The number of hydrogen-bond acceptors (Lipinski definition) is 6. The van der Waals surface area contributed by atoms with Crippen LogP contribution in [0.1, 0.15) is 46.1 Å². The molecule has 0 aliphatic heterocycles. The molecule has 11 nitrogen and oxygen atoms in total. The maximum absolute atomic E-state index is 13.1. The predicted molar refractivity (Wildman–Crippen MR) is 128 cm³/mol. The molecule has 1 aromatic carbocycles. The summed E-state index contributed by atoms with van der Waals surface area (Å²) in [5.41, 5.74) is 6.33. The Morgan fingerprint density at radius 3 is 1.91 bits per heavy atom. The van der Waals surface area contributed by atoms with Gasteiger partial charge in [0, 0.05) is 6.42 Å². The van der Waals surface area contributed by atoms with Crippen LogP contribution in [0, 0.1) is 11.8 Å². The van der Waals surface area contributed by atoms with Crippen molar-refractivity contribution in [2.45, 2.75) is 71.1 Å². The minimum absolute atomic E-state index is 0.0859. The molecule has 0 bridgehead atoms. The van der Waals surface area contributed by atoms with Gasteiger partial charge in [-0.05, 0) is 17.4 Å². The zero-order valence-electron chi connectivity index (χ0n) is 20.5. The van der Waals surface area contributed by atoms with Gasteiger partial charge in [0.15, 0.2) is 0 Å². The molecule has 1 rings (SSSR count). The average Bonchev–Trinajstić information content (AvgIpc) is 2.79. The Hall–Kier alpha value is -3.47. The van der Waals surface area contributed by atoms with Gasteiger partial charge in [0.05, 0.1) is 12.5 Å². The molecule has 5 atom stereocenters. The van der Waals surface area contributed by atoms with Crippen LogP contribution in [-0.4, -0.2) is 64.0 Å². The number of carbonyl (C=O) groups excluding carboxylic acids is 3. The second-order valence-electron chi connectivity index (χ2n) is 8.90. The number of amides is 3. The van der Waals surface area contributed by atoms with Crippen molar-refractivity contribution in [1.29, 1.82) is 0 Å². The van der Waals surface area contributed by atoms with Crippen molar-refractivity contribution in [3.8, 4) is 0 Å². The smallest absolute Gasteiger partial charge is 0.326 e. The topological polar surface area (TPSA) is 188 Å². The third-order valence-electron chi connectivity index (χ3n) is 5.67. The van der Waals surface area contributed by atoms with Gasteiger partial charge in [-0.15, -0.1) is 0 Å². The first-order valence-corrected chi connectivity index (χ1v) is 11.5. The fraction of sp³-hybridized carbons (Fsp3) is 0.542. The lowest BCUT2D eigenvalue weighted by molar-refractivity contribution is -0.143. The van der Waals surface area contributed by atoms with E-state index in [4.69, 9.17) is 10.8 Å². The number of carboxylic acid groups (broad SMARTS) is 2. The molecule has 11 heteroatoms. The van der Waals surface area contributed by atoms with Crippen molar-refractivity contribution in [1.82, 2.24) is 16.0 Å². The first-order chi connectivity index (χ1) is 16.4. The van der Waals surface area contributed by atoms with Crippen molar-refractivity contribution < 1.29 is 34.2 Å². The lowest BCUT2D eigenvalue weighted by Crippen LogP contribution is -2.59. The Kier molecular flexibility index (Phi) is 11.9. The Balaban J connectivity index is 3.11. The normalized spacial score (nSPS) is 15.3. The summed E-state index contributed by atoms with van der Waals surface area (Å²) in [6.45, 7) is 6.85. The highest BCUT2D eigenvalue weighted by atomic mass is 16.4. The van der Waals surface area contributed by atoms with Gasteiger partial charge in [-0.25, -0.2) is 4.79 Å². The van der Waals surface area contributed by atoms with Crippen LogP contribution in [0.2, 0.25) is 0 Å². The molecule has 0 spiro atoms. The number of nitrogens with one attached hydrogen (secondary N) is 3. The first kappa shape index (κ1) is 29.6. The van der Waals surface area contributed by atoms with Crippen LogP contribution in [-0.2, 0) is 30.4 Å². The van der Waals surface area contributed by atoms with Gasteiger partial charge in [-0.1, -0.05) is 64.4 Å². The molecule has 0 fully saturated rings. The summed E-state index contributed by atoms with van der Waals surface area (Å²) in [6, 6.07) is 4.16. The zero-order valence-corrected chi connectivity index (χ0v) is 20.5. The molecule has 7 N–H and O–H groups in total. The van der Waals surface area contributed by atoms with E-state index in [0.29, 0.717) is 6.42 Å². The van der Waals surface area contributed by atoms with E-state index in [1.54, 1.807) is 58.0 Å². The molecular weight excluding hydrogens is 456 g/mol. The van der Waals surface area contributed by atoms with E-state index in [1.165, 1.54) is 0 Å². The monoisotopic (exact) mass is 492 g/mol. The number of rotatable bonds is 14. The van der Waals surface area contributed by atoms with Crippen molar-refractivity contribution in [2.75, 3.05) is 0 Å². The highest BCUT2D eigenvalue weighted by Crippen LogP contribution is 2.11. The molecule has 0 aromatic heterocycles. The fourth-order valence-corrected chi connectivity index (χ4v) is 3.33. The maximum atomic E-state index is 13.1. The zero-order chi connectivity index (χ0) is 26.7. The number of carbonyl (C=O) groups is 5. The Bertz CT molecular complexity index is 891. The molecule has 3 amide bonds. The van der Waals surface area contributed by atoms with Crippen LogP contribution in [0.4, 0.5) is 0 Å². The van der Waals surface area contributed by atoms with Gasteiger partial charge in [0.1, 0.15) is 18.1 Å². The van der Waals surface area contributed by atoms with Gasteiger partial charge in [0.25, 0.3) is 0 Å². The van der Waals surface area contributed by atoms with E-state index in [0.717, 1.165) is 5.56 Å². The molecule has 0 saturated carbocycles. The number of aliphatic carboxylic acids is 2. The molecule has 0 aliphatic carbocycles. The summed E-state index contributed by atoms with van der Waals surface area (Å²) in [5, 5.41) is 26.0. The van der Waals surface area contributed by atoms with E-state index in [2.05, 4.69) is 16.0 Å². The van der Waals surface area contributed by atoms with E-state index in [-0.39, 0.29) is 12.3 Å². The minimum Gasteiger partial charge on any atom is -0.481 e. The summed E-state index contributed by atoms with van der Waals surface area (Å²) in [7, 11) is 0. The van der Waals surface area contributed by atoms with Crippen molar-refractivity contribution in [3.05, 3.63) is 35.9 Å². The van der Waals surface area contributed by atoms with Gasteiger partial charge < -0.3 is 31.9 Å². The molecule has 0 saturated heterocycles. The minimum atomic E-state index is -1.35. The number of carboxylic acids is 2. The van der Waals surface area contributed by atoms with Crippen LogP contribution in [0.25, 0.3) is 0 Å². The molecule has 0 aliphatic rings. The molecule has 0 heterocycles. The Morgan fingerprint density at radius 2 is 1.43 bits per heavy atom. The number of benzene rings is 1.